The van der Waals surface area contributed by atoms with E-state index >= 15 is 0 Å². The maximum absolute atomic E-state index is 7.34. The minimum Gasteiger partial charge on any atom is -0.473 e. The van der Waals surface area contributed by atoms with Crippen molar-refractivity contribution in [1.82, 2.24) is 0 Å². The van der Waals surface area contributed by atoms with Gasteiger partial charge in [0, 0.05) is 39.5 Å². The van der Waals surface area contributed by atoms with Gasteiger partial charge in [-0.15, -0.1) is 0 Å². The molecule has 0 radical (unpaired) electrons. The summed E-state index contributed by atoms with van der Waals surface area (Å²) in [5.74, 6) is 0. The molecule has 0 aromatic rings. The second-order valence-electron chi connectivity index (χ2n) is 0.283. The molecule has 0 saturated carbocycles. The molecule has 0 rings (SSSR count). The Morgan fingerprint density at radius 3 is 1.40 bits per heavy atom. The van der Waals surface area contributed by atoms with Gasteiger partial charge in [0.15, 0.2) is 0 Å². The molecule has 0 aromatic carbocycles. The molecular formula is CH2CdO2S. The van der Waals surface area contributed by atoms with Gasteiger partial charge < -0.3 is 10.2 Å². The Morgan fingerprint density at radius 1 is 1.40 bits per heavy atom. The van der Waals surface area contributed by atoms with Gasteiger partial charge in [-0.05, 0) is 0 Å². The van der Waals surface area contributed by atoms with Crippen molar-refractivity contribution in [1.29, 1.82) is 0 Å². The van der Waals surface area contributed by atoms with Crippen LogP contribution < -0.4 is 0 Å². The van der Waals surface area contributed by atoms with Gasteiger partial charge in [0.25, 0.3) is 0 Å². The van der Waals surface area contributed by atoms with E-state index in [9.17, 15) is 0 Å². The normalized spacial score (nSPS) is 4.80. The fourth-order valence-electron chi connectivity index (χ4n) is 0. The van der Waals surface area contributed by atoms with Gasteiger partial charge in [-0.2, -0.15) is 0 Å². The third kappa shape index (κ3) is 84.0. The molecule has 0 spiro atoms. The van der Waals surface area contributed by atoms with E-state index in [4.69, 9.17) is 10.2 Å². The van der Waals surface area contributed by atoms with E-state index < -0.39 is 5.24 Å². The molecule has 0 aromatic heterocycles. The monoisotopic (exact) mass is 192 g/mol. The first-order valence-corrected chi connectivity index (χ1v) is 1.06. The molecule has 4 heteroatoms. The molecule has 2 N–H and O–H groups in total. The standard InChI is InChI=1S/CH2O2S.Cd/c2-1(3)4;/h(H2,2,3,4);. The summed E-state index contributed by atoms with van der Waals surface area (Å²) in [7, 11) is 0. The topological polar surface area (TPSA) is 40.5 Å². The molecule has 0 aliphatic carbocycles. The van der Waals surface area contributed by atoms with E-state index in [2.05, 4.69) is 12.2 Å². The van der Waals surface area contributed by atoms with Gasteiger partial charge in [0.2, 0.25) is 0 Å². The maximum Gasteiger partial charge on any atom is 0.347 e. The van der Waals surface area contributed by atoms with Crippen LogP contribution in [0.3, 0.4) is 0 Å². The van der Waals surface area contributed by atoms with Crippen molar-refractivity contribution in [3.05, 3.63) is 0 Å². The van der Waals surface area contributed by atoms with E-state index in [0.717, 1.165) is 0 Å². The van der Waals surface area contributed by atoms with Gasteiger partial charge in [-0.25, -0.2) is 0 Å². The smallest absolute Gasteiger partial charge is 0.347 e. The molecule has 0 amide bonds. The quantitative estimate of drug-likeness (QED) is 0.429. The fraction of sp³-hybridized carbons (Fsp3) is 0. The van der Waals surface area contributed by atoms with Crippen LogP contribution in [0.15, 0.2) is 0 Å². The zero-order valence-electron chi connectivity index (χ0n) is 2.51. The van der Waals surface area contributed by atoms with E-state index in [1.54, 1.807) is 0 Å². The van der Waals surface area contributed by atoms with E-state index in [1.807, 2.05) is 0 Å². The fourth-order valence-corrected chi connectivity index (χ4v) is 0. The SMILES string of the molecule is OC(O)=S.[Cd]. The molecule has 0 heterocycles. The van der Waals surface area contributed by atoms with Crippen LogP contribution in [-0.4, -0.2) is 15.4 Å². The molecular weight excluding hydrogens is 188 g/mol. The Morgan fingerprint density at radius 2 is 1.40 bits per heavy atom. The molecule has 0 saturated heterocycles. The summed E-state index contributed by atoms with van der Waals surface area (Å²) in [5.41, 5.74) is 0. The molecule has 0 unspecified atom stereocenters. The van der Waals surface area contributed by atoms with Crippen LogP contribution in [0.4, 0.5) is 0 Å². The molecule has 0 bridgehead atoms. The predicted octanol–water partition coefficient (Wildman–Crippen LogP) is 0.385. The second kappa shape index (κ2) is 4.61. The first-order chi connectivity index (χ1) is 1.73. The molecule has 0 fully saturated rings. The molecule has 2 nitrogen and oxygen atoms in total. The van der Waals surface area contributed by atoms with Crippen LogP contribution in [0.1, 0.15) is 0 Å². The zero-order chi connectivity index (χ0) is 3.58. The number of hydrogen-bond donors (Lipinski definition) is 2. The third-order valence-corrected chi connectivity index (χ3v) is 0. The zero-order valence-corrected chi connectivity index (χ0v) is 7.36. The summed E-state index contributed by atoms with van der Waals surface area (Å²) >= 11 is 3.65. The van der Waals surface area contributed by atoms with Crippen LogP contribution in [0.5, 0.6) is 0 Å². The maximum atomic E-state index is 7.34. The Kier molecular flexibility index (Phi) is 8.44. The minimum atomic E-state index is -1.000. The minimum absolute atomic E-state index is 0. The Balaban J connectivity index is 0. The molecule has 0 aliphatic rings. The number of rotatable bonds is 0. The van der Waals surface area contributed by atoms with Crippen molar-refractivity contribution in [3.8, 4) is 0 Å². The molecule has 0 atom stereocenters. The van der Waals surface area contributed by atoms with Crippen molar-refractivity contribution in [2.75, 3.05) is 0 Å². The van der Waals surface area contributed by atoms with E-state index in [1.165, 1.54) is 0 Å². The number of thiocarbonyl (C=S) groups is 1. The van der Waals surface area contributed by atoms with Gasteiger partial charge in [-0.3, -0.25) is 0 Å². The third-order valence-electron chi connectivity index (χ3n) is 0. The average Bonchev–Trinajstić information content (AvgIpc) is 0.811. The largest absolute Gasteiger partial charge is 0.473 e. The predicted molar refractivity (Wildman–Crippen MR) is 17.9 cm³/mol. The number of aliphatic hydroxyl groups is 2. The molecule has 26 valence electrons. The summed E-state index contributed by atoms with van der Waals surface area (Å²) in [5, 5.41) is 13.7. The van der Waals surface area contributed by atoms with Crippen molar-refractivity contribution in [2.45, 2.75) is 0 Å². The summed E-state index contributed by atoms with van der Waals surface area (Å²) in [6.07, 6.45) is 0. The number of aliphatic hydroxyl groups excluding tert-OH is 1. The average molecular weight is 191 g/mol. The van der Waals surface area contributed by atoms with Crippen LogP contribution >= 0.6 is 12.2 Å². The van der Waals surface area contributed by atoms with Crippen molar-refractivity contribution >= 4 is 17.5 Å². The molecule has 5 heavy (non-hydrogen) atoms. The van der Waals surface area contributed by atoms with Crippen molar-refractivity contribution in [3.63, 3.8) is 0 Å². The van der Waals surface area contributed by atoms with Crippen molar-refractivity contribution in [2.24, 2.45) is 0 Å². The van der Waals surface area contributed by atoms with Crippen LogP contribution in [0.2, 0.25) is 0 Å². The second-order valence-corrected chi connectivity index (χ2v) is 0.648. The summed E-state index contributed by atoms with van der Waals surface area (Å²) in [6, 6.07) is 0. The van der Waals surface area contributed by atoms with Gasteiger partial charge in [0.05, 0.1) is 0 Å². The first-order valence-electron chi connectivity index (χ1n) is 0.651. The molecule has 0 aliphatic heterocycles. The summed E-state index contributed by atoms with van der Waals surface area (Å²) < 4.78 is 0. The Bertz CT molecular complexity index is 32.6. The Labute approximate surface area is 55.0 Å². The van der Waals surface area contributed by atoms with Gasteiger partial charge in [0.1, 0.15) is 0 Å². The first kappa shape index (κ1) is 9.15. The van der Waals surface area contributed by atoms with Crippen LogP contribution in [-0.2, 0) is 27.3 Å². The van der Waals surface area contributed by atoms with Gasteiger partial charge >= 0.3 is 5.24 Å². The number of hydrogen-bond acceptors (Lipinski definition) is 1. The van der Waals surface area contributed by atoms with Crippen LogP contribution in [0.25, 0.3) is 0 Å². The Hall–Kier alpha value is 0.612. The van der Waals surface area contributed by atoms with E-state index in [-0.39, 0.29) is 27.3 Å². The summed E-state index contributed by atoms with van der Waals surface area (Å²) in [4.78, 5) is 0. The van der Waals surface area contributed by atoms with Crippen LogP contribution in [0, 0.1) is 0 Å². The summed E-state index contributed by atoms with van der Waals surface area (Å²) in [6.45, 7) is 0. The van der Waals surface area contributed by atoms with Gasteiger partial charge in [-0.1, -0.05) is 0 Å². The van der Waals surface area contributed by atoms with Crippen molar-refractivity contribution < 1.29 is 37.5 Å². The van der Waals surface area contributed by atoms with E-state index in [0.29, 0.717) is 0 Å².